The molecule has 0 aliphatic heterocycles. The molecule has 1 heteroatoms. The van der Waals surface area contributed by atoms with Gasteiger partial charge in [0.1, 0.15) is 0 Å². The maximum absolute atomic E-state index is 5.45. The summed E-state index contributed by atoms with van der Waals surface area (Å²) < 4.78 is 0. The van der Waals surface area contributed by atoms with Crippen molar-refractivity contribution in [2.75, 3.05) is 0 Å². The molecule has 2 aromatic rings. The lowest BCUT2D eigenvalue weighted by atomic mass is 10.1. The number of hydrogen-bond acceptors (Lipinski definition) is 1. The van der Waals surface area contributed by atoms with Crippen LogP contribution in [-0.4, -0.2) is 4.98 Å². The van der Waals surface area contributed by atoms with Crippen LogP contribution >= 0.6 is 0 Å². The summed E-state index contributed by atoms with van der Waals surface area (Å²) in [5, 5.41) is 1.12. The molecule has 0 bridgehead atoms. The van der Waals surface area contributed by atoms with E-state index in [1.54, 1.807) is 12.6 Å². The van der Waals surface area contributed by atoms with Crippen molar-refractivity contribution in [2.45, 2.75) is 0 Å². The highest BCUT2D eigenvalue weighted by molar-refractivity contribution is 5.82. The third-order valence-electron chi connectivity index (χ3n) is 1.84. The van der Waals surface area contributed by atoms with Gasteiger partial charge in [-0.3, -0.25) is 4.98 Å². The van der Waals surface area contributed by atoms with Crippen LogP contribution in [0.5, 0.6) is 0 Å². The van der Waals surface area contributed by atoms with Gasteiger partial charge in [0, 0.05) is 11.6 Å². The average molecular weight is 154 g/mol. The number of aromatic nitrogens is 1. The van der Waals surface area contributed by atoms with Gasteiger partial charge in [-0.25, -0.2) is 0 Å². The minimum atomic E-state index is 0.961. The van der Waals surface area contributed by atoms with Crippen LogP contribution < -0.4 is 0 Å². The summed E-state index contributed by atoms with van der Waals surface area (Å²) in [5.41, 5.74) is 1.94. The number of nitrogens with zero attached hydrogens (tertiary/aromatic N) is 1. The van der Waals surface area contributed by atoms with E-state index < -0.39 is 0 Å². The number of fused-ring (bicyclic) bond motifs is 1. The molecule has 0 spiro atoms. The fraction of sp³-hybridized carbons (Fsp3) is 0. The van der Waals surface area contributed by atoms with Crippen LogP contribution in [0, 0.1) is 13.3 Å². The standard InChI is InChI=1S/C11H8N/c1-2-9-5-3-6-10-7-4-8-12-11(9)10/h1-8H. The lowest BCUT2D eigenvalue weighted by molar-refractivity contribution is 1.38. The first-order chi connectivity index (χ1) is 5.92. The first-order valence-electron chi connectivity index (χ1n) is 3.80. The van der Waals surface area contributed by atoms with Crippen molar-refractivity contribution in [3.05, 3.63) is 55.4 Å². The Bertz CT molecular complexity index is 388. The molecular weight excluding hydrogens is 146 g/mol. The van der Waals surface area contributed by atoms with Crippen LogP contribution in [-0.2, 0) is 0 Å². The van der Waals surface area contributed by atoms with E-state index in [2.05, 4.69) is 4.98 Å². The molecule has 3 radical (unpaired) electrons. The molecule has 0 atom stereocenters. The van der Waals surface area contributed by atoms with Gasteiger partial charge in [-0.2, -0.15) is 0 Å². The quantitative estimate of drug-likeness (QED) is 0.615. The highest BCUT2D eigenvalue weighted by atomic mass is 14.6. The minimum Gasteiger partial charge on any atom is -0.256 e. The van der Waals surface area contributed by atoms with E-state index in [4.69, 9.17) is 6.92 Å². The van der Waals surface area contributed by atoms with Crippen molar-refractivity contribution in [3.63, 3.8) is 0 Å². The normalized spacial score (nSPS) is 10.4. The zero-order valence-corrected chi connectivity index (χ0v) is 6.57. The number of hydrogen-bond donors (Lipinski definition) is 0. The molecule has 0 N–H and O–H groups in total. The zero-order chi connectivity index (χ0) is 8.39. The van der Waals surface area contributed by atoms with E-state index in [1.165, 1.54) is 0 Å². The van der Waals surface area contributed by atoms with Crippen LogP contribution in [0.2, 0.25) is 0 Å². The Morgan fingerprint density at radius 3 is 2.83 bits per heavy atom. The highest BCUT2D eigenvalue weighted by Gasteiger charge is 1.97. The number of benzene rings is 1. The fourth-order valence-corrected chi connectivity index (χ4v) is 1.26. The first kappa shape index (κ1) is 7.29. The van der Waals surface area contributed by atoms with E-state index >= 15 is 0 Å². The second-order valence-electron chi connectivity index (χ2n) is 2.59. The second-order valence-corrected chi connectivity index (χ2v) is 2.59. The Labute approximate surface area is 72.1 Å². The molecule has 0 saturated heterocycles. The third-order valence-corrected chi connectivity index (χ3v) is 1.84. The SMILES string of the molecule is [CH][CH]c1cccc2cccnc12. The van der Waals surface area contributed by atoms with Crippen molar-refractivity contribution in [1.82, 2.24) is 4.98 Å². The molecule has 0 saturated carbocycles. The van der Waals surface area contributed by atoms with Gasteiger partial charge in [0.25, 0.3) is 0 Å². The highest BCUT2D eigenvalue weighted by Crippen LogP contribution is 2.16. The van der Waals surface area contributed by atoms with Gasteiger partial charge in [-0.05, 0) is 25.0 Å². The minimum absolute atomic E-state index is 0.961. The number of pyridine rings is 1. The van der Waals surface area contributed by atoms with Crippen molar-refractivity contribution >= 4 is 10.9 Å². The fourth-order valence-electron chi connectivity index (χ4n) is 1.26. The summed E-state index contributed by atoms with van der Waals surface area (Å²) >= 11 is 0. The predicted molar refractivity (Wildman–Crippen MR) is 49.4 cm³/mol. The first-order valence-corrected chi connectivity index (χ1v) is 3.80. The molecule has 0 aliphatic rings. The van der Waals surface area contributed by atoms with Crippen LogP contribution in [0.15, 0.2) is 36.5 Å². The molecule has 0 amide bonds. The summed E-state index contributed by atoms with van der Waals surface area (Å²) in [5.74, 6) is 0. The van der Waals surface area contributed by atoms with Crippen molar-refractivity contribution in [3.8, 4) is 0 Å². The molecule has 0 fully saturated rings. The number of para-hydroxylation sites is 1. The van der Waals surface area contributed by atoms with Crippen LogP contribution in [0.4, 0.5) is 0 Å². The van der Waals surface area contributed by atoms with Gasteiger partial charge in [0.2, 0.25) is 0 Å². The van der Waals surface area contributed by atoms with Gasteiger partial charge in [-0.1, -0.05) is 24.3 Å². The van der Waals surface area contributed by atoms with E-state index in [0.717, 1.165) is 16.5 Å². The molecule has 12 heavy (non-hydrogen) atoms. The van der Waals surface area contributed by atoms with Crippen molar-refractivity contribution < 1.29 is 0 Å². The monoisotopic (exact) mass is 154 g/mol. The average Bonchev–Trinajstić information content (AvgIpc) is 2.17. The lowest BCUT2D eigenvalue weighted by Crippen LogP contribution is -1.83. The topological polar surface area (TPSA) is 12.9 Å². The van der Waals surface area contributed by atoms with E-state index in [1.807, 2.05) is 30.3 Å². The van der Waals surface area contributed by atoms with Crippen molar-refractivity contribution in [1.29, 1.82) is 0 Å². The van der Waals surface area contributed by atoms with E-state index in [-0.39, 0.29) is 0 Å². The molecule has 1 nitrogen and oxygen atoms in total. The Balaban J connectivity index is 2.79. The van der Waals surface area contributed by atoms with Gasteiger partial charge in [0.15, 0.2) is 0 Å². The maximum Gasteiger partial charge on any atom is 0.0737 e. The number of rotatable bonds is 1. The summed E-state index contributed by atoms with van der Waals surface area (Å²) in [6.45, 7) is 5.45. The summed E-state index contributed by atoms with van der Waals surface area (Å²) in [4.78, 5) is 4.24. The van der Waals surface area contributed by atoms with Gasteiger partial charge < -0.3 is 0 Å². The molecular formula is C11H8N. The molecule has 1 aromatic carbocycles. The van der Waals surface area contributed by atoms with Gasteiger partial charge in [-0.15, -0.1) is 0 Å². The van der Waals surface area contributed by atoms with Gasteiger partial charge in [0.05, 0.1) is 5.52 Å². The Hall–Kier alpha value is -1.37. The maximum atomic E-state index is 5.45. The van der Waals surface area contributed by atoms with Gasteiger partial charge >= 0.3 is 0 Å². The Morgan fingerprint density at radius 2 is 2.00 bits per heavy atom. The van der Waals surface area contributed by atoms with Crippen LogP contribution in [0.25, 0.3) is 10.9 Å². The zero-order valence-electron chi connectivity index (χ0n) is 6.57. The Kier molecular flexibility index (Phi) is 1.78. The second kappa shape index (κ2) is 2.94. The summed E-state index contributed by atoms with van der Waals surface area (Å²) in [7, 11) is 0. The van der Waals surface area contributed by atoms with E-state index in [9.17, 15) is 0 Å². The molecule has 0 unspecified atom stereocenters. The molecule has 2 rings (SSSR count). The van der Waals surface area contributed by atoms with Crippen molar-refractivity contribution in [2.24, 2.45) is 0 Å². The lowest BCUT2D eigenvalue weighted by Gasteiger charge is -2.00. The Morgan fingerprint density at radius 1 is 1.17 bits per heavy atom. The predicted octanol–water partition coefficient (Wildman–Crippen LogP) is 2.50. The smallest absolute Gasteiger partial charge is 0.0737 e. The van der Waals surface area contributed by atoms with E-state index in [0.29, 0.717) is 0 Å². The summed E-state index contributed by atoms with van der Waals surface area (Å²) in [6, 6.07) is 9.89. The molecule has 57 valence electrons. The molecule has 1 heterocycles. The largest absolute Gasteiger partial charge is 0.256 e. The van der Waals surface area contributed by atoms with Crippen LogP contribution in [0.3, 0.4) is 0 Å². The summed E-state index contributed by atoms with van der Waals surface area (Å²) in [6.07, 6.45) is 3.35. The molecule has 0 aliphatic carbocycles. The molecule has 1 aromatic heterocycles. The third kappa shape index (κ3) is 1.07. The van der Waals surface area contributed by atoms with Crippen LogP contribution in [0.1, 0.15) is 5.56 Å².